The van der Waals surface area contributed by atoms with Gasteiger partial charge in [-0.3, -0.25) is 9.36 Å². The number of benzene rings is 1. The molecule has 1 aliphatic rings. The lowest BCUT2D eigenvalue weighted by Gasteiger charge is -2.21. The SMILES string of the molecule is Cn1cc(-c2cccc(-c3ncc(-c4cnn(C5CCCCC5)c4)cn3)c2)cn1.O=C(O)NCC(O)CO. The van der Waals surface area contributed by atoms with E-state index in [1.54, 1.807) is 4.68 Å². The first-order valence-electron chi connectivity index (χ1n) is 12.6. The molecule has 5 rings (SSSR count). The molecule has 1 atom stereocenters. The number of nitrogens with one attached hydrogen (secondary N) is 1. The summed E-state index contributed by atoms with van der Waals surface area (Å²) in [5, 5.41) is 35.4. The minimum atomic E-state index is -1.21. The molecule has 0 saturated heterocycles. The molecule has 3 heterocycles. The number of carbonyl (C=O) groups is 1. The van der Waals surface area contributed by atoms with Crippen LogP contribution in [0.5, 0.6) is 0 Å². The van der Waals surface area contributed by atoms with E-state index in [0.717, 1.165) is 33.6 Å². The molecule has 4 N–H and O–H groups in total. The quantitative estimate of drug-likeness (QED) is 0.290. The van der Waals surface area contributed by atoms with Gasteiger partial charge in [0.1, 0.15) is 0 Å². The number of aromatic nitrogens is 6. The van der Waals surface area contributed by atoms with Gasteiger partial charge in [-0.25, -0.2) is 14.8 Å². The second-order valence-corrected chi connectivity index (χ2v) is 9.30. The zero-order valence-electron chi connectivity index (χ0n) is 21.3. The predicted molar refractivity (Wildman–Crippen MR) is 142 cm³/mol. The van der Waals surface area contributed by atoms with E-state index in [0.29, 0.717) is 6.04 Å². The first-order valence-corrected chi connectivity index (χ1v) is 12.6. The monoisotopic (exact) mass is 519 g/mol. The number of amides is 1. The van der Waals surface area contributed by atoms with Crippen LogP contribution in [0.15, 0.2) is 61.4 Å². The van der Waals surface area contributed by atoms with Gasteiger partial charge in [-0.1, -0.05) is 37.5 Å². The summed E-state index contributed by atoms with van der Waals surface area (Å²) in [6.45, 7) is -0.563. The molecular weight excluding hydrogens is 486 g/mol. The molecule has 0 aliphatic heterocycles. The summed E-state index contributed by atoms with van der Waals surface area (Å²) in [6, 6.07) is 8.79. The van der Waals surface area contributed by atoms with Crippen molar-refractivity contribution in [2.75, 3.05) is 13.2 Å². The van der Waals surface area contributed by atoms with E-state index in [-0.39, 0.29) is 6.54 Å². The van der Waals surface area contributed by atoms with Gasteiger partial charge in [0.05, 0.1) is 31.1 Å². The second-order valence-electron chi connectivity index (χ2n) is 9.30. The fourth-order valence-electron chi connectivity index (χ4n) is 4.34. The Labute approximate surface area is 220 Å². The van der Waals surface area contributed by atoms with Crippen LogP contribution in [0.1, 0.15) is 38.1 Å². The molecule has 1 saturated carbocycles. The molecule has 3 aromatic heterocycles. The Balaban J connectivity index is 0.000000323. The second kappa shape index (κ2) is 12.9. The summed E-state index contributed by atoms with van der Waals surface area (Å²) in [6.07, 6.45) is 15.9. The molecule has 11 heteroatoms. The van der Waals surface area contributed by atoms with Crippen molar-refractivity contribution in [2.45, 2.75) is 44.2 Å². The summed E-state index contributed by atoms with van der Waals surface area (Å²) in [5.74, 6) is 0.721. The average molecular weight is 520 g/mol. The topological polar surface area (TPSA) is 151 Å². The Morgan fingerprint density at radius 1 is 0.974 bits per heavy atom. The minimum absolute atomic E-state index is 0.133. The molecule has 1 fully saturated rings. The van der Waals surface area contributed by atoms with E-state index in [9.17, 15) is 4.79 Å². The fourth-order valence-corrected chi connectivity index (χ4v) is 4.34. The number of hydrogen-bond acceptors (Lipinski definition) is 7. The predicted octanol–water partition coefficient (Wildman–Crippen LogP) is 3.52. The van der Waals surface area contributed by atoms with Crippen LogP contribution < -0.4 is 5.32 Å². The lowest BCUT2D eigenvalue weighted by Crippen LogP contribution is -2.32. The maximum atomic E-state index is 9.72. The van der Waals surface area contributed by atoms with Gasteiger partial charge in [0.25, 0.3) is 0 Å². The molecular formula is C27H33N7O4. The number of aliphatic hydroxyl groups excluding tert-OH is 2. The number of nitrogens with zero attached hydrogens (tertiary/aromatic N) is 6. The Morgan fingerprint density at radius 2 is 1.66 bits per heavy atom. The zero-order chi connectivity index (χ0) is 26.9. The van der Waals surface area contributed by atoms with Crippen LogP contribution in [0.4, 0.5) is 4.79 Å². The van der Waals surface area contributed by atoms with E-state index in [1.807, 2.05) is 55.5 Å². The normalized spacial score (nSPS) is 14.4. The van der Waals surface area contributed by atoms with Crippen molar-refractivity contribution in [2.24, 2.45) is 7.05 Å². The van der Waals surface area contributed by atoms with Gasteiger partial charge >= 0.3 is 6.09 Å². The third-order valence-electron chi connectivity index (χ3n) is 6.39. The van der Waals surface area contributed by atoms with E-state index in [4.69, 9.17) is 15.3 Å². The molecule has 11 nitrogen and oxygen atoms in total. The molecule has 38 heavy (non-hydrogen) atoms. The van der Waals surface area contributed by atoms with E-state index in [1.165, 1.54) is 32.1 Å². The Hall–Kier alpha value is -4.09. The number of aliphatic hydroxyl groups is 2. The van der Waals surface area contributed by atoms with Crippen molar-refractivity contribution in [1.82, 2.24) is 34.8 Å². The number of carboxylic acid groups (broad SMARTS) is 1. The van der Waals surface area contributed by atoms with Crippen molar-refractivity contribution in [3.63, 3.8) is 0 Å². The summed E-state index contributed by atoms with van der Waals surface area (Å²) < 4.78 is 3.93. The summed E-state index contributed by atoms with van der Waals surface area (Å²) >= 11 is 0. The molecule has 0 radical (unpaired) electrons. The van der Waals surface area contributed by atoms with Crippen LogP contribution in [-0.4, -0.2) is 70.2 Å². The number of hydrogen-bond donors (Lipinski definition) is 4. The molecule has 1 amide bonds. The highest BCUT2D eigenvalue weighted by atomic mass is 16.4. The average Bonchev–Trinajstić information content (AvgIpc) is 3.62. The largest absolute Gasteiger partial charge is 0.465 e. The van der Waals surface area contributed by atoms with Gasteiger partial charge in [-0.2, -0.15) is 10.2 Å². The first-order chi connectivity index (χ1) is 18.4. The fraction of sp³-hybridized carbons (Fsp3) is 0.370. The highest BCUT2D eigenvalue weighted by Crippen LogP contribution is 2.29. The third kappa shape index (κ3) is 7.24. The number of aryl methyl sites for hydroxylation is 1. The lowest BCUT2D eigenvalue weighted by atomic mass is 9.96. The summed E-state index contributed by atoms with van der Waals surface area (Å²) in [5.41, 5.74) is 5.26. The van der Waals surface area contributed by atoms with Crippen LogP contribution in [0.3, 0.4) is 0 Å². The molecule has 200 valence electrons. The smallest absolute Gasteiger partial charge is 0.404 e. The zero-order valence-corrected chi connectivity index (χ0v) is 21.3. The van der Waals surface area contributed by atoms with Crippen molar-refractivity contribution >= 4 is 6.09 Å². The molecule has 1 aliphatic carbocycles. The Morgan fingerprint density at radius 3 is 2.32 bits per heavy atom. The van der Waals surface area contributed by atoms with Crippen molar-refractivity contribution in [3.05, 3.63) is 61.4 Å². The Bertz CT molecular complexity index is 1310. The molecule has 0 spiro atoms. The highest BCUT2D eigenvalue weighted by molar-refractivity contribution is 5.70. The van der Waals surface area contributed by atoms with E-state index >= 15 is 0 Å². The van der Waals surface area contributed by atoms with Crippen molar-refractivity contribution in [3.8, 4) is 33.6 Å². The van der Waals surface area contributed by atoms with Gasteiger partial charge < -0.3 is 20.6 Å². The molecule has 1 aromatic carbocycles. The van der Waals surface area contributed by atoms with E-state index in [2.05, 4.69) is 43.2 Å². The molecule has 1 unspecified atom stereocenters. The summed E-state index contributed by atoms with van der Waals surface area (Å²) in [4.78, 5) is 19.0. The lowest BCUT2D eigenvalue weighted by molar-refractivity contribution is 0.0931. The van der Waals surface area contributed by atoms with E-state index < -0.39 is 18.8 Å². The van der Waals surface area contributed by atoms with Crippen LogP contribution in [-0.2, 0) is 7.05 Å². The van der Waals surface area contributed by atoms with Gasteiger partial charge in [0, 0.05) is 60.6 Å². The van der Waals surface area contributed by atoms with Crippen molar-refractivity contribution in [1.29, 1.82) is 0 Å². The number of rotatable bonds is 7. The Kier molecular flexibility index (Phi) is 9.17. The van der Waals surface area contributed by atoms with Crippen LogP contribution >= 0.6 is 0 Å². The van der Waals surface area contributed by atoms with Crippen LogP contribution in [0.25, 0.3) is 33.6 Å². The van der Waals surface area contributed by atoms with Crippen molar-refractivity contribution < 1.29 is 20.1 Å². The summed E-state index contributed by atoms with van der Waals surface area (Å²) in [7, 11) is 1.92. The molecule has 0 bridgehead atoms. The first kappa shape index (κ1) is 27.0. The standard InChI is InChI=1S/C23H24N6.C4H9NO4/c1-28-15-20(13-26-28)17-6-5-7-18(10-17)23-24-11-19(12-25-23)21-14-27-29(16-21)22-8-3-2-4-9-22;6-2-3(7)1-5-4(8)9/h5-7,10-16,22H,2-4,8-9H2,1H3;3,5-7H,1-2H2,(H,8,9). The van der Waals surface area contributed by atoms with Gasteiger partial charge in [0.2, 0.25) is 0 Å². The van der Waals surface area contributed by atoms with Gasteiger partial charge in [0.15, 0.2) is 5.82 Å². The maximum absolute atomic E-state index is 9.72. The minimum Gasteiger partial charge on any atom is -0.465 e. The van der Waals surface area contributed by atoms with Gasteiger partial charge in [-0.05, 0) is 24.5 Å². The highest BCUT2D eigenvalue weighted by Gasteiger charge is 2.16. The molecule has 4 aromatic rings. The van der Waals surface area contributed by atoms with Crippen LogP contribution in [0, 0.1) is 0 Å². The maximum Gasteiger partial charge on any atom is 0.404 e. The van der Waals surface area contributed by atoms with Gasteiger partial charge in [-0.15, -0.1) is 0 Å². The third-order valence-corrected chi connectivity index (χ3v) is 6.39. The van der Waals surface area contributed by atoms with Crippen LogP contribution in [0.2, 0.25) is 0 Å².